The van der Waals surface area contributed by atoms with Crippen molar-refractivity contribution >= 4 is 33.5 Å². The maximum Gasteiger partial charge on any atom is 0.263 e. The minimum absolute atomic E-state index is 0.186. The number of aliphatic imine (C=N–C) groups is 1. The number of rotatable bonds is 6. The summed E-state index contributed by atoms with van der Waals surface area (Å²) in [6.07, 6.45) is 0. The molecule has 26 heavy (non-hydrogen) atoms. The number of thioether (sulfide) groups is 1. The maximum absolute atomic E-state index is 12.2. The molecule has 0 spiro atoms. The highest BCUT2D eigenvalue weighted by Gasteiger charge is 2.31. The van der Waals surface area contributed by atoms with Gasteiger partial charge >= 0.3 is 0 Å². The standard InChI is InChI=1S/C18H19N3O3S2/c1-13(18(22)19-11-12-25-14-7-3-2-4-8-14)20-17-15-9-5-6-10-16(15)26(23,24)21-17/h2-10,13H,11-12H2,1H3,(H,19,22)(H,20,21). The lowest BCUT2D eigenvalue weighted by Gasteiger charge is -2.09. The lowest BCUT2D eigenvalue weighted by Crippen LogP contribution is -2.35. The summed E-state index contributed by atoms with van der Waals surface area (Å²) in [7, 11) is -3.59. The van der Waals surface area contributed by atoms with Gasteiger partial charge in [-0.1, -0.05) is 30.3 Å². The highest BCUT2D eigenvalue weighted by molar-refractivity contribution is 7.99. The van der Waals surface area contributed by atoms with E-state index in [4.69, 9.17) is 0 Å². The molecule has 1 aliphatic rings. The SMILES string of the molecule is CC(N=C1NS(=O)(=O)c2ccccc21)C(=O)NCCSc1ccccc1. The summed E-state index contributed by atoms with van der Waals surface area (Å²) >= 11 is 1.66. The number of amides is 1. The maximum atomic E-state index is 12.2. The van der Waals surface area contributed by atoms with Crippen molar-refractivity contribution in [3.8, 4) is 0 Å². The van der Waals surface area contributed by atoms with Gasteiger partial charge in [-0.2, -0.15) is 0 Å². The quantitative estimate of drug-likeness (QED) is 0.584. The predicted molar refractivity (Wildman–Crippen MR) is 103 cm³/mol. The second-order valence-corrected chi connectivity index (χ2v) is 8.53. The third-order valence-electron chi connectivity index (χ3n) is 3.78. The number of nitrogens with one attached hydrogen (secondary N) is 2. The molecule has 0 bridgehead atoms. The molecule has 0 radical (unpaired) electrons. The zero-order valence-corrected chi connectivity index (χ0v) is 15.8. The number of carbonyl (C=O) groups excluding carboxylic acids is 1. The lowest BCUT2D eigenvalue weighted by molar-refractivity contribution is -0.121. The average molecular weight is 390 g/mol. The van der Waals surface area contributed by atoms with Gasteiger partial charge in [-0.25, -0.2) is 8.42 Å². The van der Waals surface area contributed by atoms with Crippen LogP contribution in [0.3, 0.4) is 0 Å². The first kappa shape index (κ1) is 18.5. The van der Waals surface area contributed by atoms with Gasteiger partial charge in [0.05, 0.1) is 4.90 Å². The Morgan fingerprint density at radius 3 is 2.62 bits per heavy atom. The van der Waals surface area contributed by atoms with Gasteiger partial charge in [-0.05, 0) is 31.2 Å². The van der Waals surface area contributed by atoms with Gasteiger partial charge in [-0.3, -0.25) is 14.5 Å². The van der Waals surface area contributed by atoms with Crippen LogP contribution >= 0.6 is 11.8 Å². The Labute approximate surface area is 157 Å². The normalized spacial score (nSPS) is 17.3. The molecule has 2 aromatic carbocycles. The second-order valence-electron chi connectivity index (χ2n) is 5.71. The molecule has 2 N–H and O–H groups in total. The molecule has 136 valence electrons. The Morgan fingerprint density at radius 2 is 1.85 bits per heavy atom. The van der Waals surface area contributed by atoms with Crippen LogP contribution in [0.5, 0.6) is 0 Å². The minimum atomic E-state index is -3.59. The van der Waals surface area contributed by atoms with Crippen LogP contribution in [-0.2, 0) is 14.8 Å². The Hall–Kier alpha value is -2.32. The van der Waals surface area contributed by atoms with Crippen LogP contribution < -0.4 is 10.0 Å². The number of fused-ring (bicyclic) bond motifs is 1. The number of hydrogen-bond acceptors (Lipinski definition) is 5. The van der Waals surface area contributed by atoms with Crippen LogP contribution in [0.25, 0.3) is 0 Å². The summed E-state index contributed by atoms with van der Waals surface area (Å²) in [6.45, 7) is 2.15. The van der Waals surface area contributed by atoms with E-state index < -0.39 is 16.1 Å². The monoisotopic (exact) mass is 389 g/mol. The van der Waals surface area contributed by atoms with E-state index in [0.29, 0.717) is 12.1 Å². The average Bonchev–Trinajstić information content (AvgIpc) is 2.90. The van der Waals surface area contributed by atoms with Crippen molar-refractivity contribution in [3.63, 3.8) is 0 Å². The van der Waals surface area contributed by atoms with Crippen LogP contribution in [0.4, 0.5) is 0 Å². The molecule has 0 fully saturated rings. The van der Waals surface area contributed by atoms with E-state index in [2.05, 4.69) is 15.0 Å². The lowest BCUT2D eigenvalue weighted by atomic mass is 10.2. The molecule has 0 saturated heterocycles. The Balaban J connectivity index is 1.57. The second kappa shape index (κ2) is 7.92. The zero-order valence-electron chi connectivity index (χ0n) is 14.2. The van der Waals surface area contributed by atoms with Gasteiger partial charge in [-0.15, -0.1) is 11.8 Å². The van der Waals surface area contributed by atoms with E-state index in [1.807, 2.05) is 30.3 Å². The largest absolute Gasteiger partial charge is 0.353 e. The molecule has 0 aromatic heterocycles. The Bertz CT molecular complexity index is 928. The van der Waals surface area contributed by atoms with Crippen molar-refractivity contribution in [2.45, 2.75) is 22.8 Å². The fraction of sp³-hybridized carbons (Fsp3) is 0.222. The van der Waals surface area contributed by atoms with Crippen molar-refractivity contribution < 1.29 is 13.2 Å². The summed E-state index contributed by atoms with van der Waals surface area (Å²) in [6, 6.07) is 15.8. The van der Waals surface area contributed by atoms with Crippen molar-refractivity contribution in [1.82, 2.24) is 10.0 Å². The van der Waals surface area contributed by atoms with Gasteiger partial charge in [0.1, 0.15) is 11.9 Å². The number of amidine groups is 1. The molecule has 0 aliphatic carbocycles. The van der Waals surface area contributed by atoms with Gasteiger partial charge in [0.15, 0.2) is 0 Å². The van der Waals surface area contributed by atoms with E-state index in [9.17, 15) is 13.2 Å². The molecule has 1 heterocycles. The molecule has 1 unspecified atom stereocenters. The van der Waals surface area contributed by atoms with E-state index in [-0.39, 0.29) is 16.6 Å². The number of sulfonamides is 1. The molecule has 2 aromatic rings. The molecule has 1 aliphatic heterocycles. The summed E-state index contributed by atoms with van der Waals surface area (Å²) in [4.78, 5) is 17.8. The van der Waals surface area contributed by atoms with Gasteiger partial charge < -0.3 is 5.32 Å². The Kier molecular flexibility index (Phi) is 5.63. The van der Waals surface area contributed by atoms with Crippen molar-refractivity contribution in [2.24, 2.45) is 4.99 Å². The molecule has 0 saturated carbocycles. The summed E-state index contributed by atoms with van der Waals surface area (Å²) in [5.74, 6) is 0.714. The van der Waals surface area contributed by atoms with E-state index in [1.165, 1.54) is 6.07 Å². The minimum Gasteiger partial charge on any atom is -0.353 e. The van der Waals surface area contributed by atoms with Gasteiger partial charge in [0, 0.05) is 22.8 Å². The van der Waals surface area contributed by atoms with Crippen LogP contribution in [-0.4, -0.2) is 38.5 Å². The van der Waals surface area contributed by atoms with Crippen molar-refractivity contribution in [3.05, 3.63) is 60.2 Å². The first-order valence-corrected chi connectivity index (χ1v) is 10.6. The topological polar surface area (TPSA) is 87.6 Å². The Morgan fingerprint density at radius 1 is 1.15 bits per heavy atom. The number of carbonyl (C=O) groups is 1. The molecule has 3 rings (SSSR count). The summed E-state index contributed by atoms with van der Waals surface area (Å²) < 4.78 is 26.5. The third-order valence-corrected chi connectivity index (χ3v) is 6.19. The number of benzene rings is 2. The van der Waals surface area contributed by atoms with Crippen molar-refractivity contribution in [2.75, 3.05) is 12.3 Å². The first-order valence-electron chi connectivity index (χ1n) is 8.13. The highest BCUT2D eigenvalue weighted by Crippen LogP contribution is 2.22. The fourth-order valence-electron chi connectivity index (χ4n) is 2.49. The highest BCUT2D eigenvalue weighted by atomic mass is 32.2. The smallest absolute Gasteiger partial charge is 0.263 e. The first-order chi connectivity index (χ1) is 12.5. The predicted octanol–water partition coefficient (Wildman–Crippen LogP) is 2.02. The van der Waals surface area contributed by atoms with Crippen molar-refractivity contribution in [1.29, 1.82) is 0 Å². The molecular formula is C18H19N3O3S2. The molecular weight excluding hydrogens is 370 g/mol. The van der Waals surface area contributed by atoms with E-state index in [1.54, 1.807) is 36.9 Å². The fourth-order valence-corrected chi connectivity index (χ4v) is 4.52. The van der Waals surface area contributed by atoms with Crippen LogP contribution in [0.1, 0.15) is 12.5 Å². The molecule has 6 nitrogen and oxygen atoms in total. The van der Waals surface area contributed by atoms with Crippen LogP contribution in [0, 0.1) is 0 Å². The van der Waals surface area contributed by atoms with Gasteiger partial charge in [0.2, 0.25) is 5.91 Å². The summed E-state index contributed by atoms with van der Waals surface area (Å²) in [5.41, 5.74) is 0.492. The number of nitrogens with zero attached hydrogens (tertiary/aromatic N) is 1. The van der Waals surface area contributed by atoms with Gasteiger partial charge in [0.25, 0.3) is 10.0 Å². The van der Waals surface area contributed by atoms with Crippen LogP contribution in [0.15, 0.2) is 69.4 Å². The molecule has 1 atom stereocenters. The van der Waals surface area contributed by atoms with E-state index in [0.717, 1.165) is 10.6 Å². The zero-order chi connectivity index (χ0) is 18.6. The molecule has 8 heteroatoms. The molecule has 1 amide bonds. The van der Waals surface area contributed by atoms with Crippen LogP contribution in [0.2, 0.25) is 0 Å². The summed E-state index contributed by atoms with van der Waals surface area (Å²) in [5, 5.41) is 2.83. The van der Waals surface area contributed by atoms with E-state index >= 15 is 0 Å². The number of hydrogen-bond donors (Lipinski definition) is 2. The third kappa shape index (κ3) is 4.25.